The molecule has 0 saturated carbocycles. The molecular weight excluding hydrogens is 331 g/mol. The highest BCUT2D eigenvalue weighted by atomic mass is 127. The predicted molar refractivity (Wildman–Crippen MR) is 75.0 cm³/mol. The fourth-order valence-electron chi connectivity index (χ4n) is 2.12. The lowest BCUT2D eigenvalue weighted by Gasteiger charge is -2.12. The van der Waals surface area contributed by atoms with Crippen LogP contribution >= 0.6 is 23.0 Å². The van der Waals surface area contributed by atoms with Gasteiger partial charge in [-0.15, -0.1) is 0 Å². The summed E-state index contributed by atoms with van der Waals surface area (Å²) in [5.74, 6) is -0.539. The van der Waals surface area contributed by atoms with E-state index < -0.39 is 5.97 Å². The molecule has 2 rings (SSSR count). The van der Waals surface area contributed by atoms with Gasteiger partial charge in [0.25, 0.3) is 0 Å². The Kier molecular flexibility index (Phi) is 3.24. The summed E-state index contributed by atoms with van der Waals surface area (Å²) in [6.07, 6.45) is 0. The lowest BCUT2D eigenvalue weighted by atomic mass is 9.97. The van der Waals surface area contributed by atoms with Gasteiger partial charge in [-0.1, -0.05) is 18.2 Å². The number of aryl methyl sites for hydroxylation is 2. The zero-order valence-corrected chi connectivity index (χ0v) is 11.6. The van der Waals surface area contributed by atoms with E-state index in [1.165, 1.54) is 0 Å². The molecule has 0 aromatic heterocycles. The standard InChI is InChI=1S/C13H11IO3/c1-7-4-3-5-9-6-10(13(15)16)12(17-14)8(2)11(7)9/h3-6H,1-2H3,(H,15,16). The van der Waals surface area contributed by atoms with E-state index >= 15 is 0 Å². The minimum absolute atomic E-state index is 0.204. The molecule has 0 atom stereocenters. The molecule has 3 nitrogen and oxygen atoms in total. The van der Waals surface area contributed by atoms with Crippen molar-refractivity contribution in [2.24, 2.45) is 0 Å². The van der Waals surface area contributed by atoms with Crippen molar-refractivity contribution in [1.29, 1.82) is 0 Å². The van der Waals surface area contributed by atoms with Gasteiger partial charge in [0.05, 0.1) is 0 Å². The number of fused-ring (bicyclic) bond motifs is 1. The van der Waals surface area contributed by atoms with Crippen LogP contribution in [0.15, 0.2) is 24.3 Å². The van der Waals surface area contributed by atoms with E-state index in [0.717, 1.165) is 21.9 Å². The number of aromatic carboxylic acids is 1. The molecular formula is C13H11IO3. The Balaban J connectivity index is 2.93. The van der Waals surface area contributed by atoms with Gasteiger partial charge >= 0.3 is 5.97 Å². The van der Waals surface area contributed by atoms with Crippen molar-refractivity contribution in [2.45, 2.75) is 13.8 Å². The van der Waals surface area contributed by atoms with Crippen LogP contribution in [0.25, 0.3) is 10.8 Å². The molecule has 17 heavy (non-hydrogen) atoms. The Morgan fingerprint density at radius 2 is 2.06 bits per heavy atom. The average Bonchev–Trinajstić information content (AvgIpc) is 2.28. The maximum atomic E-state index is 11.2. The van der Waals surface area contributed by atoms with Gasteiger partial charge in [-0.25, -0.2) is 4.79 Å². The highest BCUT2D eigenvalue weighted by Crippen LogP contribution is 2.34. The maximum absolute atomic E-state index is 11.2. The quantitative estimate of drug-likeness (QED) is 0.843. The van der Waals surface area contributed by atoms with E-state index in [-0.39, 0.29) is 5.56 Å². The number of hydrogen-bond donors (Lipinski definition) is 1. The molecule has 0 amide bonds. The third-order valence-corrected chi connectivity index (χ3v) is 3.31. The lowest BCUT2D eigenvalue weighted by molar-refractivity contribution is 0.0695. The van der Waals surface area contributed by atoms with Gasteiger partial charge in [0.15, 0.2) is 28.8 Å². The molecule has 0 radical (unpaired) electrons. The molecule has 0 saturated heterocycles. The van der Waals surface area contributed by atoms with E-state index in [2.05, 4.69) is 0 Å². The summed E-state index contributed by atoms with van der Waals surface area (Å²) in [5, 5.41) is 11.2. The average molecular weight is 342 g/mol. The molecule has 2 aromatic rings. The fraction of sp³-hybridized carbons (Fsp3) is 0.154. The minimum Gasteiger partial charge on any atom is -0.478 e. The van der Waals surface area contributed by atoms with Crippen molar-refractivity contribution in [2.75, 3.05) is 0 Å². The van der Waals surface area contributed by atoms with Crippen LogP contribution in [0.4, 0.5) is 0 Å². The molecule has 0 fully saturated rings. The van der Waals surface area contributed by atoms with Crippen LogP contribution < -0.4 is 3.07 Å². The van der Waals surface area contributed by atoms with Gasteiger partial charge in [0, 0.05) is 5.56 Å². The van der Waals surface area contributed by atoms with Crippen LogP contribution in [0.3, 0.4) is 0 Å². The van der Waals surface area contributed by atoms with Gasteiger partial charge in [-0.3, -0.25) is 0 Å². The van der Waals surface area contributed by atoms with E-state index in [1.54, 1.807) is 29.1 Å². The molecule has 4 heteroatoms. The molecule has 0 heterocycles. The molecule has 0 spiro atoms. The Bertz CT molecular complexity index is 605. The summed E-state index contributed by atoms with van der Waals surface area (Å²) in [6.45, 7) is 3.89. The van der Waals surface area contributed by atoms with Gasteiger partial charge in [-0.05, 0) is 36.2 Å². The Morgan fingerprint density at radius 1 is 1.35 bits per heavy atom. The van der Waals surface area contributed by atoms with Crippen LogP contribution in [0.2, 0.25) is 0 Å². The molecule has 0 bridgehead atoms. The summed E-state index contributed by atoms with van der Waals surface area (Å²) in [4.78, 5) is 11.2. The van der Waals surface area contributed by atoms with Crippen molar-refractivity contribution < 1.29 is 13.0 Å². The molecule has 2 aromatic carbocycles. The molecule has 0 aliphatic carbocycles. The zero-order valence-electron chi connectivity index (χ0n) is 9.45. The number of rotatable bonds is 2. The van der Waals surface area contributed by atoms with Crippen molar-refractivity contribution >= 4 is 39.7 Å². The summed E-state index contributed by atoms with van der Waals surface area (Å²) in [7, 11) is 0. The number of benzene rings is 2. The lowest BCUT2D eigenvalue weighted by Crippen LogP contribution is -2.01. The number of carboxylic acids is 1. The molecule has 0 unspecified atom stereocenters. The smallest absolute Gasteiger partial charge is 0.339 e. The Morgan fingerprint density at radius 3 is 2.65 bits per heavy atom. The first-order valence-electron chi connectivity index (χ1n) is 5.11. The highest BCUT2D eigenvalue weighted by molar-refractivity contribution is 14.1. The summed E-state index contributed by atoms with van der Waals surface area (Å²) < 4.78 is 5.19. The second-order valence-electron chi connectivity index (χ2n) is 3.93. The van der Waals surface area contributed by atoms with Gasteiger partial charge in [-0.2, -0.15) is 0 Å². The molecule has 0 aliphatic rings. The van der Waals surface area contributed by atoms with Crippen LogP contribution in [0, 0.1) is 13.8 Å². The van der Waals surface area contributed by atoms with Gasteiger partial charge in [0.1, 0.15) is 5.56 Å². The van der Waals surface area contributed by atoms with Crippen LogP contribution in [0.5, 0.6) is 5.75 Å². The van der Waals surface area contributed by atoms with E-state index in [1.807, 2.05) is 32.0 Å². The van der Waals surface area contributed by atoms with Crippen LogP contribution in [-0.4, -0.2) is 11.1 Å². The Hall–Kier alpha value is -1.30. The second-order valence-corrected chi connectivity index (χ2v) is 4.37. The van der Waals surface area contributed by atoms with Gasteiger partial charge in [0.2, 0.25) is 0 Å². The molecule has 1 N–H and O–H groups in total. The minimum atomic E-state index is -0.969. The first-order chi connectivity index (χ1) is 8.06. The number of carbonyl (C=O) groups is 1. The SMILES string of the molecule is Cc1cccc2cc(C(=O)O)c(OI)c(C)c12. The van der Waals surface area contributed by atoms with Crippen molar-refractivity contribution in [1.82, 2.24) is 0 Å². The van der Waals surface area contributed by atoms with E-state index in [9.17, 15) is 4.79 Å². The summed E-state index contributed by atoms with van der Waals surface area (Å²) >= 11 is 1.72. The zero-order chi connectivity index (χ0) is 12.6. The predicted octanol–water partition coefficient (Wildman–Crippen LogP) is 3.88. The van der Waals surface area contributed by atoms with Crippen molar-refractivity contribution in [3.63, 3.8) is 0 Å². The fourth-order valence-corrected chi connectivity index (χ4v) is 2.69. The first-order valence-corrected chi connectivity index (χ1v) is 5.99. The van der Waals surface area contributed by atoms with Crippen molar-refractivity contribution in [3.8, 4) is 5.75 Å². The Labute approximate surface area is 113 Å². The number of halogens is 1. The van der Waals surface area contributed by atoms with E-state index in [0.29, 0.717) is 5.75 Å². The normalized spacial score (nSPS) is 10.5. The largest absolute Gasteiger partial charge is 0.478 e. The van der Waals surface area contributed by atoms with Gasteiger partial charge < -0.3 is 8.17 Å². The highest BCUT2D eigenvalue weighted by Gasteiger charge is 2.17. The third-order valence-electron chi connectivity index (χ3n) is 2.87. The molecule has 88 valence electrons. The first kappa shape index (κ1) is 12.2. The monoisotopic (exact) mass is 342 g/mol. The van der Waals surface area contributed by atoms with E-state index in [4.69, 9.17) is 8.17 Å². The number of hydrogen-bond acceptors (Lipinski definition) is 2. The maximum Gasteiger partial charge on any atom is 0.339 e. The second kappa shape index (κ2) is 4.52. The van der Waals surface area contributed by atoms with Crippen LogP contribution in [-0.2, 0) is 0 Å². The summed E-state index contributed by atoms with van der Waals surface area (Å²) in [5.41, 5.74) is 2.19. The summed E-state index contributed by atoms with van der Waals surface area (Å²) in [6, 6.07) is 7.50. The van der Waals surface area contributed by atoms with Crippen molar-refractivity contribution in [3.05, 3.63) is 41.0 Å². The number of carboxylic acid groups (broad SMARTS) is 1. The topological polar surface area (TPSA) is 46.5 Å². The molecule has 0 aliphatic heterocycles. The third kappa shape index (κ3) is 1.97. The van der Waals surface area contributed by atoms with Crippen LogP contribution in [0.1, 0.15) is 21.5 Å².